The lowest BCUT2D eigenvalue weighted by molar-refractivity contribution is 0.196. The molecule has 1 aliphatic heterocycles. The van der Waals surface area contributed by atoms with Crippen LogP contribution in [0.1, 0.15) is 17.7 Å². The summed E-state index contributed by atoms with van der Waals surface area (Å²) in [5.74, 6) is 0. The lowest BCUT2D eigenvalue weighted by atomic mass is 10.1. The van der Waals surface area contributed by atoms with E-state index in [4.69, 9.17) is 11.6 Å². The van der Waals surface area contributed by atoms with Crippen molar-refractivity contribution < 1.29 is 0 Å². The lowest BCUT2D eigenvalue weighted by Crippen LogP contribution is -2.40. The van der Waals surface area contributed by atoms with Gasteiger partial charge in [-0.25, -0.2) is 0 Å². The van der Waals surface area contributed by atoms with Crippen molar-refractivity contribution in [1.82, 2.24) is 10.2 Å². The predicted molar refractivity (Wildman–Crippen MR) is 81.6 cm³/mol. The maximum atomic E-state index is 6.04. The van der Waals surface area contributed by atoms with Crippen LogP contribution in [0.15, 0.2) is 10.5 Å². The standard InChI is InChI=1S/C11H16BrClN2S.ClH/c1-14-8-2-4-15(5-3-8)7-9-6-10(12)11(13)16-9;/h6,8,14H,2-5,7H2,1H3;1H. The summed E-state index contributed by atoms with van der Waals surface area (Å²) >= 11 is 11.2. The summed E-state index contributed by atoms with van der Waals surface area (Å²) < 4.78 is 1.89. The van der Waals surface area contributed by atoms with E-state index in [9.17, 15) is 0 Å². The molecular weight excluding hydrogens is 343 g/mol. The second-order valence-corrected chi connectivity index (χ2v) is 6.77. The van der Waals surface area contributed by atoms with Crippen molar-refractivity contribution in [3.8, 4) is 0 Å². The molecule has 0 atom stereocenters. The highest BCUT2D eigenvalue weighted by Crippen LogP contribution is 2.32. The molecule has 1 N–H and O–H groups in total. The van der Waals surface area contributed by atoms with E-state index in [0.29, 0.717) is 6.04 Å². The van der Waals surface area contributed by atoms with Gasteiger partial charge in [0.15, 0.2) is 0 Å². The van der Waals surface area contributed by atoms with Crippen LogP contribution in [0.4, 0.5) is 0 Å². The first-order valence-corrected chi connectivity index (χ1v) is 7.51. The van der Waals surface area contributed by atoms with Crippen molar-refractivity contribution >= 4 is 51.3 Å². The van der Waals surface area contributed by atoms with Gasteiger partial charge >= 0.3 is 0 Å². The van der Waals surface area contributed by atoms with Crippen LogP contribution in [0.5, 0.6) is 0 Å². The zero-order chi connectivity index (χ0) is 11.5. The van der Waals surface area contributed by atoms with Crippen molar-refractivity contribution in [3.05, 3.63) is 19.8 Å². The highest BCUT2D eigenvalue weighted by Gasteiger charge is 2.18. The monoisotopic (exact) mass is 358 g/mol. The average molecular weight is 360 g/mol. The molecule has 0 unspecified atom stereocenters. The Kier molecular flexibility index (Phi) is 6.77. The van der Waals surface area contributed by atoms with Crippen molar-refractivity contribution in [2.45, 2.75) is 25.4 Å². The van der Waals surface area contributed by atoms with Crippen LogP contribution in [0.3, 0.4) is 0 Å². The molecular formula is C11H17BrCl2N2S. The molecule has 1 aromatic rings. The first kappa shape index (κ1) is 15.7. The molecule has 2 rings (SSSR count). The van der Waals surface area contributed by atoms with Gasteiger partial charge in [0.1, 0.15) is 4.34 Å². The van der Waals surface area contributed by atoms with Crippen molar-refractivity contribution in [2.75, 3.05) is 20.1 Å². The first-order chi connectivity index (χ1) is 7.69. The molecule has 17 heavy (non-hydrogen) atoms. The quantitative estimate of drug-likeness (QED) is 0.883. The largest absolute Gasteiger partial charge is 0.317 e. The molecule has 2 heterocycles. The van der Waals surface area contributed by atoms with Gasteiger partial charge < -0.3 is 5.32 Å². The Morgan fingerprint density at radius 1 is 1.53 bits per heavy atom. The lowest BCUT2D eigenvalue weighted by Gasteiger charge is -2.31. The van der Waals surface area contributed by atoms with Crippen LogP contribution in [-0.4, -0.2) is 31.1 Å². The van der Waals surface area contributed by atoms with Crippen molar-refractivity contribution in [3.63, 3.8) is 0 Å². The average Bonchev–Trinajstić information content (AvgIpc) is 2.59. The smallest absolute Gasteiger partial charge is 0.107 e. The van der Waals surface area contributed by atoms with Gasteiger partial charge in [-0.1, -0.05) is 11.6 Å². The molecule has 0 aliphatic carbocycles. The minimum atomic E-state index is 0. The summed E-state index contributed by atoms with van der Waals surface area (Å²) in [4.78, 5) is 3.85. The fourth-order valence-electron chi connectivity index (χ4n) is 2.07. The molecule has 98 valence electrons. The number of rotatable bonds is 3. The Bertz CT molecular complexity index is 332. The summed E-state index contributed by atoms with van der Waals surface area (Å²) in [6.45, 7) is 3.39. The fourth-order valence-corrected chi connectivity index (χ4v) is 3.90. The van der Waals surface area contributed by atoms with Gasteiger partial charge in [0.05, 0.1) is 0 Å². The van der Waals surface area contributed by atoms with E-state index >= 15 is 0 Å². The molecule has 0 aromatic carbocycles. The molecule has 1 aromatic heterocycles. The van der Waals surface area contributed by atoms with Crippen molar-refractivity contribution in [2.24, 2.45) is 0 Å². The number of likely N-dealkylation sites (tertiary alicyclic amines) is 1. The molecule has 2 nitrogen and oxygen atoms in total. The Morgan fingerprint density at radius 2 is 2.18 bits per heavy atom. The van der Waals surface area contributed by atoms with Crippen molar-refractivity contribution in [1.29, 1.82) is 0 Å². The highest BCUT2D eigenvalue weighted by molar-refractivity contribution is 9.10. The summed E-state index contributed by atoms with van der Waals surface area (Å²) in [5, 5.41) is 3.35. The van der Waals surface area contributed by atoms with Crippen LogP contribution in [0.25, 0.3) is 0 Å². The minimum absolute atomic E-state index is 0. The van der Waals surface area contributed by atoms with E-state index in [1.165, 1.54) is 30.8 Å². The van der Waals surface area contributed by atoms with Gasteiger partial charge in [0.25, 0.3) is 0 Å². The van der Waals surface area contributed by atoms with Crippen LogP contribution < -0.4 is 5.32 Å². The van der Waals surface area contributed by atoms with Gasteiger partial charge in [-0.3, -0.25) is 4.90 Å². The zero-order valence-corrected chi connectivity index (χ0v) is 13.7. The molecule has 0 spiro atoms. The normalized spacial score (nSPS) is 18.1. The number of halogens is 3. The predicted octanol–water partition coefficient (Wildman–Crippen LogP) is 3.77. The third-order valence-corrected chi connectivity index (χ3v) is 5.53. The Balaban J connectivity index is 0.00000144. The van der Waals surface area contributed by atoms with Crippen LogP contribution >= 0.6 is 51.3 Å². The second kappa shape index (κ2) is 7.31. The zero-order valence-electron chi connectivity index (χ0n) is 9.71. The van der Waals surface area contributed by atoms with Gasteiger partial charge in [0.2, 0.25) is 0 Å². The molecule has 0 radical (unpaired) electrons. The first-order valence-electron chi connectivity index (χ1n) is 5.52. The van der Waals surface area contributed by atoms with Gasteiger partial charge in [-0.15, -0.1) is 23.7 Å². The summed E-state index contributed by atoms with van der Waals surface area (Å²) in [6, 6.07) is 2.84. The van der Waals surface area contributed by atoms with E-state index in [2.05, 4.69) is 39.3 Å². The third-order valence-electron chi connectivity index (χ3n) is 3.07. The number of nitrogens with one attached hydrogen (secondary N) is 1. The van der Waals surface area contributed by atoms with E-state index in [1.54, 1.807) is 11.3 Å². The van der Waals surface area contributed by atoms with Crippen LogP contribution in [-0.2, 0) is 6.54 Å². The fraction of sp³-hybridized carbons (Fsp3) is 0.636. The molecule has 1 saturated heterocycles. The van der Waals surface area contributed by atoms with Gasteiger partial charge in [-0.2, -0.15) is 0 Å². The maximum absolute atomic E-state index is 6.04. The highest BCUT2D eigenvalue weighted by atomic mass is 79.9. The molecule has 0 bridgehead atoms. The molecule has 6 heteroatoms. The molecule has 0 amide bonds. The topological polar surface area (TPSA) is 15.3 Å². The van der Waals surface area contributed by atoms with Crippen LogP contribution in [0.2, 0.25) is 4.34 Å². The van der Waals surface area contributed by atoms with Gasteiger partial charge in [-0.05, 0) is 55.0 Å². The third kappa shape index (κ3) is 4.37. The number of hydrogen-bond donors (Lipinski definition) is 1. The number of hydrogen-bond acceptors (Lipinski definition) is 3. The summed E-state index contributed by atoms with van der Waals surface area (Å²) in [6.07, 6.45) is 2.49. The van der Waals surface area contributed by atoms with E-state index < -0.39 is 0 Å². The number of nitrogens with zero attached hydrogens (tertiary/aromatic N) is 1. The Labute approximate surface area is 126 Å². The minimum Gasteiger partial charge on any atom is -0.317 e. The maximum Gasteiger partial charge on any atom is 0.107 e. The number of thiophene rings is 1. The number of piperidine rings is 1. The Hall–Kier alpha value is 0.680. The molecule has 0 saturated carbocycles. The van der Waals surface area contributed by atoms with E-state index in [-0.39, 0.29) is 12.4 Å². The van der Waals surface area contributed by atoms with Gasteiger partial charge in [0, 0.05) is 21.9 Å². The molecule has 1 fully saturated rings. The SMILES string of the molecule is CNC1CCN(Cc2cc(Br)c(Cl)s2)CC1.Cl. The van der Waals surface area contributed by atoms with E-state index in [1.807, 2.05) is 0 Å². The summed E-state index contributed by atoms with van der Waals surface area (Å²) in [7, 11) is 2.05. The second-order valence-electron chi connectivity index (χ2n) is 4.17. The summed E-state index contributed by atoms with van der Waals surface area (Å²) in [5.41, 5.74) is 0. The van der Waals surface area contributed by atoms with E-state index in [0.717, 1.165) is 15.4 Å². The Morgan fingerprint density at radius 3 is 2.65 bits per heavy atom. The van der Waals surface area contributed by atoms with Crippen LogP contribution in [0, 0.1) is 0 Å². The molecule has 1 aliphatic rings.